The molecular weight excluding hydrogens is 210 g/mol. The lowest BCUT2D eigenvalue weighted by Crippen LogP contribution is -2.17. The van der Waals surface area contributed by atoms with Crippen molar-refractivity contribution in [1.29, 1.82) is 0 Å². The molecule has 1 aromatic rings. The Bertz CT molecular complexity index is 453. The summed E-state index contributed by atoms with van der Waals surface area (Å²) in [6, 6.07) is 8.25. The van der Waals surface area contributed by atoms with E-state index in [1.807, 2.05) is 12.1 Å². The first kappa shape index (κ1) is 10.6. The molecule has 0 saturated carbocycles. The lowest BCUT2D eigenvalue weighted by molar-refractivity contribution is 0.584. The van der Waals surface area contributed by atoms with Crippen LogP contribution >= 0.6 is 0 Å². The maximum Gasteiger partial charge on any atom is 0.209 e. The highest BCUT2D eigenvalue weighted by Gasteiger charge is 2.22. The third-order valence-electron chi connectivity index (χ3n) is 3.01. The van der Waals surface area contributed by atoms with Crippen molar-refractivity contribution < 1.29 is 8.42 Å². The maximum absolute atomic E-state index is 10.9. The minimum atomic E-state index is -3.31. The molecule has 0 aromatic heterocycles. The maximum atomic E-state index is 10.9. The van der Waals surface area contributed by atoms with Gasteiger partial charge in [0.1, 0.15) is 0 Å². The molecule has 2 rings (SSSR count). The predicted molar refractivity (Wildman–Crippen MR) is 60.1 cm³/mol. The van der Waals surface area contributed by atoms with E-state index in [2.05, 4.69) is 12.1 Å². The number of nitrogens with two attached hydrogens (primary N) is 1. The topological polar surface area (TPSA) is 60.2 Å². The van der Waals surface area contributed by atoms with Crippen LogP contribution in [0, 0.1) is 0 Å². The summed E-state index contributed by atoms with van der Waals surface area (Å²) in [5.41, 5.74) is 2.66. The van der Waals surface area contributed by atoms with E-state index in [0.717, 1.165) is 12.8 Å². The fourth-order valence-electron chi connectivity index (χ4n) is 2.25. The van der Waals surface area contributed by atoms with Crippen LogP contribution in [0.1, 0.15) is 29.9 Å². The van der Waals surface area contributed by atoms with Gasteiger partial charge in [0, 0.05) is 0 Å². The summed E-state index contributed by atoms with van der Waals surface area (Å²) in [6.07, 6.45) is 2.76. The van der Waals surface area contributed by atoms with E-state index in [9.17, 15) is 8.42 Å². The summed E-state index contributed by atoms with van der Waals surface area (Å²) in [4.78, 5) is 0. The molecule has 0 heterocycles. The number of fused-ring (bicyclic) bond motifs is 1. The monoisotopic (exact) mass is 225 g/mol. The molecule has 3 nitrogen and oxygen atoms in total. The van der Waals surface area contributed by atoms with Crippen LogP contribution in [0.2, 0.25) is 0 Å². The number of hydrogen-bond donors (Lipinski definition) is 1. The van der Waals surface area contributed by atoms with Crippen molar-refractivity contribution in [3.05, 3.63) is 35.4 Å². The Morgan fingerprint density at radius 1 is 1.33 bits per heavy atom. The molecule has 1 aliphatic carbocycles. The van der Waals surface area contributed by atoms with Gasteiger partial charge < -0.3 is 0 Å². The Morgan fingerprint density at radius 3 is 2.80 bits per heavy atom. The molecular formula is C11H15NO2S. The van der Waals surface area contributed by atoms with E-state index in [0.29, 0.717) is 12.3 Å². The van der Waals surface area contributed by atoms with Gasteiger partial charge in [0.05, 0.1) is 5.75 Å². The first-order valence-electron chi connectivity index (χ1n) is 5.14. The molecule has 0 saturated heterocycles. The number of rotatable bonds is 3. The number of aryl methyl sites for hydroxylation is 1. The van der Waals surface area contributed by atoms with Crippen LogP contribution in [0.5, 0.6) is 0 Å². The fourth-order valence-corrected chi connectivity index (χ4v) is 2.86. The molecule has 0 bridgehead atoms. The van der Waals surface area contributed by atoms with E-state index in [-0.39, 0.29) is 5.75 Å². The Morgan fingerprint density at radius 2 is 2.07 bits per heavy atom. The second kappa shape index (κ2) is 3.94. The molecule has 4 heteroatoms. The highest BCUT2D eigenvalue weighted by Crippen LogP contribution is 2.35. The van der Waals surface area contributed by atoms with E-state index >= 15 is 0 Å². The summed E-state index contributed by atoms with van der Waals surface area (Å²) < 4.78 is 21.8. The van der Waals surface area contributed by atoms with Gasteiger partial charge in [-0.15, -0.1) is 0 Å². The quantitative estimate of drug-likeness (QED) is 0.845. The Hall–Kier alpha value is -0.870. The molecule has 0 amide bonds. The zero-order valence-corrected chi connectivity index (χ0v) is 9.33. The lowest BCUT2D eigenvalue weighted by atomic mass is 9.99. The summed E-state index contributed by atoms with van der Waals surface area (Å²) >= 11 is 0. The van der Waals surface area contributed by atoms with E-state index < -0.39 is 10.0 Å². The minimum Gasteiger partial charge on any atom is -0.229 e. The van der Waals surface area contributed by atoms with Crippen molar-refractivity contribution in [3.8, 4) is 0 Å². The number of hydrogen-bond acceptors (Lipinski definition) is 2. The van der Waals surface area contributed by atoms with Crippen LogP contribution in [-0.2, 0) is 16.4 Å². The molecule has 15 heavy (non-hydrogen) atoms. The van der Waals surface area contributed by atoms with Gasteiger partial charge in [0.25, 0.3) is 0 Å². The molecule has 1 aromatic carbocycles. The molecule has 1 atom stereocenters. The van der Waals surface area contributed by atoms with Crippen LogP contribution < -0.4 is 5.14 Å². The van der Waals surface area contributed by atoms with Crippen LogP contribution in [0.15, 0.2) is 24.3 Å². The Labute approximate surface area is 90.4 Å². The molecule has 0 fully saturated rings. The van der Waals surface area contributed by atoms with E-state index in [1.54, 1.807) is 0 Å². The van der Waals surface area contributed by atoms with E-state index in [1.165, 1.54) is 11.1 Å². The lowest BCUT2D eigenvalue weighted by Gasteiger charge is -2.09. The van der Waals surface area contributed by atoms with Gasteiger partial charge in [-0.1, -0.05) is 24.3 Å². The van der Waals surface area contributed by atoms with Crippen LogP contribution in [0.25, 0.3) is 0 Å². The first-order chi connectivity index (χ1) is 7.06. The van der Waals surface area contributed by atoms with Crippen molar-refractivity contribution in [1.82, 2.24) is 0 Å². The average molecular weight is 225 g/mol. The molecule has 0 spiro atoms. The highest BCUT2D eigenvalue weighted by atomic mass is 32.2. The summed E-state index contributed by atoms with van der Waals surface area (Å²) in [5.74, 6) is 0.464. The fraction of sp³-hybridized carbons (Fsp3) is 0.455. The average Bonchev–Trinajstić information content (AvgIpc) is 2.57. The number of benzene rings is 1. The van der Waals surface area contributed by atoms with E-state index in [4.69, 9.17) is 5.14 Å². The third kappa shape index (κ3) is 2.58. The van der Waals surface area contributed by atoms with Gasteiger partial charge >= 0.3 is 0 Å². The number of primary sulfonamides is 1. The summed E-state index contributed by atoms with van der Waals surface area (Å²) in [5, 5.41) is 5.01. The molecule has 0 aliphatic heterocycles. The Balaban J connectivity index is 2.08. The first-order valence-corrected chi connectivity index (χ1v) is 6.86. The number of sulfonamides is 1. The summed E-state index contributed by atoms with van der Waals surface area (Å²) in [7, 11) is -3.31. The van der Waals surface area contributed by atoms with Crippen molar-refractivity contribution >= 4 is 10.0 Å². The standard InChI is InChI=1S/C11H15NO2S/c12-15(13,14)8-7-10-6-5-9-3-1-2-4-11(9)10/h1-4,10H,5-8H2,(H2,12,13,14)/t10-/m0/s1. The third-order valence-corrected chi connectivity index (χ3v) is 3.81. The van der Waals surface area contributed by atoms with Gasteiger partial charge in [0.15, 0.2) is 0 Å². The van der Waals surface area contributed by atoms with Gasteiger partial charge in [-0.2, -0.15) is 0 Å². The van der Waals surface area contributed by atoms with Gasteiger partial charge in [-0.25, -0.2) is 13.6 Å². The van der Waals surface area contributed by atoms with Crippen molar-refractivity contribution in [3.63, 3.8) is 0 Å². The molecule has 2 N–H and O–H groups in total. The largest absolute Gasteiger partial charge is 0.229 e. The van der Waals surface area contributed by atoms with Crippen LogP contribution in [-0.4, -0.2) is 14.2 Å². The molecule has 0 unspecified atom stereocenters. The van der Waals surface area contributed by atoms with Gasteiger partial charge in [-0.05, 0) is 36.3 Å². The van der Waals surface area contributed by atoms with Crippen LogP contribution in [0.4, 0.5) is 0 Å². The zero-order chi connectivity index (χ0) is 10.9. The smallest absolute Gasteiger partial charge is 0.209 e. The molecule has 1 aliphatic rings. The van der Waals surface area contributed by atoms with Crippen LogP contribution in [0.3, 0.4) is 0 Å². The van der Waals surface area contributed by atoms with Crippen molar-refractivity contribution in [2.24, 2.45) is 5.14 Å². The van der Waals surface area contributed by atoms with Crippen molar-refractivity contribution in [2.75, 3.05) is 5.75 Å². The zero-order valence-electron chi connectivity index (χ0n) is 8.52. The normalized spacial score (nSPS) is 20.2. The molecule has 82 valence electrons. The van der Waals surface area contributed by atoms with Gasteiger partial charge in [0.2, 0.25) is 10.0 Å². The van der Waals surface area contributed by atoms with Crippen molar-refractivity contribution in [2.45, 2.75) is 25.2 Å². The molecule has 0 radical (unpaired) electrons. The highest BCUT2D eigenvalue weighted by molar-refractivity contribution is 7.89. The summed E-state index contributed by atoms with van der Waals surface area (Å²) in [6.45, 7) is 0. The second-order valence-corrected chi connectivity index (χ2v) is 5.82. The second-order valence-electron chi connectivity index (χ2n) is 4.09. The van der Waals surface area contributed by atoms with Gasteiger partial charge in [-0.3, -0.25) is 0 Å². The minimum absolute atomic E-state index is 0.0893. The SMILES string of the molecule is NS(=O)(=O)CC[C@@H]1CCc2ccccc21. The predicted octanol–water partition coefficient (Wildman–Crippen LogP) is 1.40. The Kier molecular flexibility index (Phi) is 2.80.